The van der Waals surface area contributed by atoms with Crippen LogP contribution in [0.3, 0.4) is 0 Å². The van der Waals surface area contributed by atoms with Gasteiger partial charge in [0.2, 0.25) is 0 Å². The Balaban J connectivity index is 2.68. The first-order valence-electron chi connectivity index (χ1n) is 2.55. The van der Waals surface area contributed by atoms with Crippen LogP contribution in [0.5, 0.6) is 0 Å². The summed E-state index contributed by atoms with van der Waals surface area (Å²) in [4.78, 5) is 0. The van der Waals surface area contributed by atoms with Gasteiger partial charge in [0.15, 0.2) is 0 Å². The molecule has 0 spiro atoms. The van der Waals surface area contributed by atoms with Crippen molar-refractivity contribution in [2.24, 2.45) is 0 Å². The third kappa shape index (κ3) is 5.92. The molecular formula is C4H9BF2. The number of hydrogen-bond donors (Lipinski definition) is 0. The van der Waals surface area contributed by atoms with Crippen LogP contribution in [0.2, 0.25) is 6.32 Å². The Hall–Kier alpha value is -0.0751. The van der Waals surface area contributed by atoms with E-state index in [0.29, 0.717) is 6.42 Å². The third-order valence-corrected chi connectivity index (χ3v) is 0.776. The SMILES string of the molecule is CCCCB(F)F. The van der Waals surface area contributed by atoms with Crippen molar-refractivity contribution >= 4 is 7.27 Å². The fourth-order valence-electron chi connectivity index (χ4n) is 0.358. The highest BCUT2D eigenvalue weighted by Crippen LogP contribution is 2.01. The van der Waals surface area contributed by atoms with E-state index < -0.39 is 7.27 Å². The van der Waals surface area contributed by atoms with Gasteiger partial charge in [-0.25, -0.2) is 0 Å². The number of hydrogen-bond acceptors (Lipinski definition) is 0. The zero-order valence-electron chi connectivity index (χ0n) is 4.45. The van der Waals surface area contributed by atoms with E-state index in [1.807, 2.05) is 6.92 Å². The predicted octanol–water partition coefficient (Wildman–Crippen LogP) is 2.21. The minimum Gasteiger partial charge on any atom is -0.287 e. The summed E-state index contributed by atoms with van der Waals surface area (Å²) >= 11 is 0. The van der Waals surface area contributed by atoms with Gasteiger partial charge >= 0.3 is 7.27 Å². The molecule has 0 heterocycles. The summed E-state index contributed by atoms with van der Waals surface area (Å²) in [5.41, 5.74) is 0. The van der Waals surface area contributed by atoms with Crippen LogP contribution >= 0.6 is 0 Å². The van der Waals surface area contributed by atoms with E-state index in [1.165, 1.54) is 0 Å². The van der Waals surface area contributed by atoms with Gasteiger partial charge in [-0.1, -0.05) is 19.8 Å². The van der Waals surface area contributed by atoms with Gasteiger partial charge in [-0.05, 0) is 6.32 Å². The summed E-state index contributed by atoms with van der Waals surface area (Å²) in [6.07, 6.45) is 1.58. The zero-order chi connectivity index (χ0) is 5.70. The lowest BCUT2D eigenvalue weighted by atomic mass is 9.90. The van der Waals surface area contributed by atoms with Gasteiger partial charge in [0.05, 0.1) is 0 Å². The average molecular weight is 106 g/mol. The van der Waals surface area contributed by atoms with Crippen LogP contribution < -0.4 is 0 Å². The van der Waals surface area contributed by atoms with Gasteiger partial charge in [0.1, 0.15) is 0 Å². The number of rotatable bonds is 3. The van der Waals surface area contributed by atoms with Crippen LogP contribution in [0.1, 0.15) is 19.8 Å². The van der Waals surface area contributed by atoms with Gasteiger partial charge < -0.3 is 0 Å². The van der Waals surface area contributed by atoms with Crippen molar-refractivity contribution in [1.29, 1.82) is 0 Å². The second-order valence-corrected chi connectivity index (χ2v) is 1.53. The van der Waals surface area contributed by atoms with Crippen molar-refractivity contribution in [3.8, 4) is 0 Å². The second kappa shape index (κ2) is 4.09. The Bertz CT molecular complexity index is 38.7. The van der Waals surface area contributed by atoms with E-state index in [1.54, 1.807) is 0 Å². The molecule has 0 unspecified atom stereocenters. The Morgan fingerprint density at radius 2 is 2.00 bits per heavy atom. The lowest BCUT2D eigenvalue weighted by Crippen LogP contribution is -1.92. The Labute approximate surface area is 43.1 Å². The monoisotopic (exact) mass is 106 g/mol. The van der Waals surface area contributed by atoms with E-state index in [-0.39, 0.29) is 6.32 Å². The maximum Gasteiger partial charge on any atom is 0.538 e. The molecule has 0 bridgehead atoms. The summed E-state index contributed by atoms with van der Waals surface area (Å²) in [7, 11) is -2.10. The smallest absolute Gasteiger partial charge is 0.287 e. The molecule has 0 aliphatic rings. The Morgan fingerprint density at radius 1 is 1.43 bits per heavy atom. The van der Waals surface area contributed by atoms with Crippen molar-refractivity contribution in [3.63, 3.8) is 0 Å². The van der Waals surface area contributed by atoms with Crippen LogP contribution in [-0.4, -0.2) is 7.27 Å². The lowest BCUT2D eigenvalue weighted by Gasteiger charge is -1.87. The van der Waals surface area contributed by atoms with Crippen LogP contribution in [0, 0.1) is 0 Å². The highest BCUT2D eigenvalue weighted by atomic mass is 19.2. The molecular weight excluding hydrogens is 96.9 g/mol. The minimum atomic E-state index is -2.10. The Kier molecular flexibility index (Phi) is 4.05. The molecule has 0 fully saturated rings. The maximum atomic E-state index is 11.2. The molecule has 0 saturated heterocycles. The van der Waals surface area contributed by atoms with Gasteiger partial charge in [-0.3, -0.25) is 8.63 Å². The second-order valence-electron chi connectivity index (χ2n) is 1.53. The van der Waals surface area contributed by atoms with Crippen LogP contribution in [0.15, 0.2) is 0 Å². The molecule has 0 amide bonds. The van der Waals surface area contributed by atoms with E-state index in [0.717, 1.165) is 6.42 Å². The van der Waals surface area contributed by atoms with Gasteiger partial charge in [-0.15, -0.1) is 0 Å². The maximum absolute atomic E-state index is 11.2. The van der Waals surface area contributed by atoms with Crippen molar-refractivity contribution < 1.29 is 8.63 Å². The predicted molar refractivity (Wildman–Crippen MR) is 27.7 cm³/mol. The van der Waals surface area contributed by atoms with Crippen LogP contribution in [0.4, 0.5) is 8.63 Å². The molecule has 7 heavy (non-hydrogen) atoms. The fraction of sp³-hybridized carbons (Fsp3) is 1.00. The molecule has 0 rings (SSSR count). The molecule has 0 atom stereocenters. The summed E-state index contributed by atoms with van der Waals surface area (Å²) in [5.74, 6) is 0. The molecule has 0 aliphatic carbocycles. The number of halogens is 2. The molecule has 0 aromatic carbocycles. The van der Waals surface area contributed by atoms with Gasteiger partial charge in [-0.2, -0.15) is 0 Å². The first-order valence-corrected chi connectivity index (χ1v) is 2.55. The largest absolute Gasteiger partial charge is 0.538 e. The average Bonchev–Trinajstić information content (AvgIpc) is 1.61. The summed E-state index contributed by atoms with van der Waals surface area (Å²) < 4.78 is 22.4. The van der Waals surface area contributed by atoms with Crippen LogP contribution in [0.25, 0.3) is 0 Å². The molecule has 42 valence electrons. The molecule has 0 nitrogen and oxygen atoms in total. The van der Waals surface area contributed by atoms with E-state index >= 15 is 0 Å². The summed E-state index contributed by atoms with van der Waals surface area (Å²) in [5, 5.41) is 0. The van der Waals surface area contributed by atoms with Gasteiger partial charge in [0.25, 0.3) is 0 Å². The zero-order valence-corrected chi connectivity index (χ0v) is 4.45. The van der Waals surface area contributed by atoms with E-state index in [2.05, 4.69) is 0 Å². The molecule has 0 aromatic heterocycles. The highest BCUT2D eigenvalue weighted by molar-refractivity contribution is 6.42. The minimum absolute atomic E-state index is 0.0660. The summed E-state index contributed by atoms with van der Waals surface area (Å²) in [6.45, 7) is 1.91. The number of unbranched alkanes of at least 4 members (excludes halogenated alkanes) is 1. The lowest BCUT2D eigenvalue weighted by molar-refractivity contribution is 0.639. The molecule has 3 heteroatoms. The van der Waals surface area contributed by atoms with Crippen molar-refractivity contribution in [1.82, 2.24) is 0 Å². The molecule has 0 radical (unpaired) electrons. The standard InChI is InChI=1S/C4H9BF2/c1-2-3-4-5(6)7/h2-4H2,1H3. The third-order valence-electron chi connectivity index (χ3n) is 0.776. The van der Waals surface area contributed by atoms with E-state index in [4.69, 9.17) is 0 Å². The van der Waals surface area contributed by atoms with Crippen molar-refractivity contribution in [3.05, 3.63) is 0 Å². The highest BCUT2D eigenvalue weighted by Gasteiger charge is 2.08. The van der Waals surface area contributed by atoms with Crippen molar-refractivity contribution in [2.45, 2.75) is 26.1 Å². The molecule has 0 aromatic rings. The summed E-state index contributed by atoms with van der Waals surface area (Å²) in [6, 6.07) is 0. The first-order chi connectivity index (χ1) is 3.27. The topological polar surface area (TPSA) is 0 Å². The normalized spacial score (nSPS) is 9.00. The van der Waals surface area contributed by atoms with Gasteiger partial charge in [0, 0.05) is 0 Å². The molecule has 0 N–H and O–H groups in total. The fourth-order valence-corrected chi connectivity index (χ4v) is 0.358. The van der Waals surface area contributed by atoms with Crippen LogP contribution in [-0.2, 0) is 0 Å². The molecule has 0 aliphatic heterocycles. The van der Waals surface area contributed by atoms with Crippen molar-refractivity contribution in [2.75, 3.05) is 0 Å². The quantitative estimate of drug-likeness (QED) is 0.483. The first kappa shape index (κ1) is 6.92. The molecule has 0 saturated carbocycles. The Morgan fingerprint density at radius 3 is 2.14 bits per heavy atom. The van der Waals surface area contributed by atoms with E-state index in [9.17, 15) is 8.63 Å².